The zero-order chi connectivity index (χ0) is 13.0. The van der Waals surface area contributed by atoms with E-state index in [9.17, 15) is 13.6 Å². The fourth-order valence-corrected chi connectivity index (χ4v) is 1.99. The van der Waals surface area contributed by atoms with Gasteiger partial charge in [0.05, 0.1) is 30.5 Å². The molecule has 4 nitrogen and oxygen atoms in total. The molecule has 1 rings (SSSR count). The summed E-state index contributed by atoms with van der Waals surface area (Å²) in [6.45, 7) is -0.118. The zero-order valence-corrected chi connectivity index (χ0v) is 10.6. The van der Waals surface area contributed by atoms with Crippen LogP contribution < -0.4 is 5.73 Å². The van der Waals surface area contributed by atoms with Crippen molar-refractivity contribution in [2.24, 2.45) is 5.73 Å². The van der Waals surface area contributed by atoms with E-state index in [0.29, 0.717) is 5.69 Å². The summed E-state index contributed by atoms with van der Waals surface area (Å²) in [5.41, 5.74) is 5.54. The number of esters is 1. The summed E-state index contributed by atoms with van der Waals surface area (Å²) in [7, 11) is 1.24. The summed E-state index contributed by atoms with van der Waals surface area (Å²) >= 11 is 3.02. The third kappa shape index (κ3) is 3.44. The lowest BCUT2D eigenvalue weighted by Gasteiger charge is -2.10. The molecule has 2 N–H and O–H groups in total. The molecule has 1 aromatic heterocycles. The summed E-state index contributed by atoms with van der Waals surface area (Å²) in [4.78, 5) is 15.0. The minimum Gasteiger partial charge on any atom is -0.469 e. The SMILES string of the molecule is COC(=O)Cc1cc(Br)c(C(F)F)c(CN)n1. The number of rotatable bonds is 4. The van der Waals surface area contributed by atoms with Crippen molar-refractivity contribution in [3.05, 3.63) is 27.5 Å². The number of ether oxygens (including phenoxy) is 1. The molecular weight excluding hydrogens is 298 g/mol. The quantitative estimate of drug-likeness (QED) is 0.864. The van der Waals surface area contributed by atoms with E-state index in [1.54, 1.807) is 0 Å². The molecule has 0 aromatic carbocycles. The van der Waals surface area contributed by atoms with Crippen LogP contribution in [0.5, 0.6) is 0 Å². The highest BCUT2D eigenvalue weighted by Gasteiger charge is 2.19. The Morgan fingerprint density at radius 1 is 1.65 bits per heavy atom. The van der Waals surface area contributed by atoms with Gasteiger partial charge in [-0.15, -0.1) is 0 Å². The lowest BCUT2D eigenvalue weighted by atomic mass is 10.1. The molecule has 0 radical (unpaired) electrons. The number of hydrogen-bond donors (Lipinski definition) is 1. The smallest absolute Gasteiger partial charge is 0.311 e. The van der Waals surface area contributed by atoms with Gasteiger partial charge in [-0.05, 0) is 6.07 Å². The standard InChI is InChI=1S/C10H11BrF2N2O2/c1-17-8(16)3-5-2-6(11)9(10(12)13)7(4-14)15-5/h2,10H,3-4,14H2,1H3. The largest absolute Gasteiger partial charge is 0.469 e. The predicted octanol–water partition coefficient (Wildman–Crippen LogP) is 1.96. The van der Waals surface area contributed by atoms with Gasteiger partial charge in [0.15, 0.2) is 0 Å². The molecule has 1 heterocycles. The fourth-order valence-electron chi connectivity index (χ4n) is 1.32. The van der Waals surface area contributed by atoms with Crippen molar-refractivity contribution in [3.8, 4) is 0 Å². The molecule has 0 saturated carbocycles. The van der Waals surface area contributed by atoms with Gasteiger partial charge in [0.25, 0.3) is 6.43 Å². The Morgan fingerprint density at radius 3 is 2.76 bits per heavy atom. The van der Waals surface area contributed by atoms with E-state index in [1.165, 1.54) is 13.2 Å². The Labute approximate surface area is 105 Å². The van der Waals surface area contributed by atoms with Gasteiger partial charge in [0.1, 0.15) is 0 Å². The van der Waals surface area contributed by atoms with Crippen molar-refractivity contribution < 1.29 is 18.3 Å². The Balaban J connectivity index is 3.13. The van der Waals surface area contributed by atoms with E-state index in [4.69, 9.17) is 5.73 Å². The summed E-state index contributed by atoms with van der Waals surface area (Å²) < 4.78 is 30.1. The van der Waals surface area contributed by atoms with E-state index in [2.05, 4.69) is 25.7 Å². The normalized spacial score (nSPS) is 10.7. The Hall–Kier alpha value is -1.08. The molecular formula is C10H11BrF2N2O2. The molecule has 0 aliphatic rings. The number of nitrogens with two attached hydrogens (primary N) is 1. The highest BCUT2D eigenvalue weighted by atomic mass is 79.9. The van der Waals surface area contributed by atoms with Crippen LogP contribution in [0.4, 0.5) is 8.78 Å². The molecule has 0 saturated heterocycles. The van der Waals surface area contributed by atoms with E-state index < -0.39 is 12.4 Å². The summed E-state index contributed by atoms with van der Waals surface area (Å²) in [6.07, 6.45) is -2.74. The third-order valence-electron chi connectivity index (χ3n) is 2.10. The highest BCUT2D eigenvalue weighted by Crippen LogP contribution is 2.30. The minimum absolute atomic E-state index is 0.0771. The maximum atomic E-state index is 12.7. The number of hydrogen-bond acceptors (Lipinski definition) is 4. The predicted molar refractivity (Wildman–Crippen MR) is 60.5 cm³/mol. The molecule has 0 fully saturated rings. The van der Waals surface area contributed by atoms with Crippen molar-refractivity contribution in [3.63, 3.8) is 0 Å². The average Bonchev–Trinajstić information content (AvgIpc) is 2.27. The van der Waals surface area contributed by atoms with Crippen molar-refractivity contribution >= 4 is 21.9 Å². The van der Waals surface area contributed by atoms with Crippen LogP contribution in [0, 0.1) is 0 Å². The van der Waals surface area contributed by atoms with Crippen LogP contribution in [0.15, 0.2) is 10.5 Å². The first-order valence-electron chi connectivity index (χ1n) is 4.72. The van der Waals surface area contributed by atoms with Gasteiger partial charge in [0.2, 0.25) is 0 Å². The van der Waals surface area contributed by atoms with Crippen LogP contribution in [0.2, 0.25) is 0 Å². The topological polar surface area (TPSA) is 65.2 Å². The van der Waals surface area contributed by atoms with E-state index in [-0.39, 0.29) is 28.7 Å². The molecule has 0 atom stereocenters. The first-order valence-corrected chi connectivity index (χ1v) is 5.52. The molecule has 0 aliphatic heterocycles. The van der Waals surface area contributed by atoms with Crippen LogP contribution >= 0.6 is 15.9 Å². The lowest BCUT2D eigenvalue weighted by molar-refractivity contribution is -0.139. The molecule has 0 amide bonds. The number of carbonyl (C=O) groups excluding carboxylic acids is 1. The van der Waals surface area contributed by atoms with Gasteiger partial charge in [-0.25, -0.2) is 8.78 Å². The van der Waals surface area contributed by atoms with E-state index in [1.807, 2.05) is 0 Å². The van der Waals surface area contributed by atoms with Crippen molar-refractivity contribution in [2.75, 3.05) is 7.11 Å². The fraction of sp³-hybridized carbons (Fsp3) is 0.400. The second kappa shape index (κ2) is 6.02. The summed E-state index contributed by atoms with van der Waals surface area (Å²) in [6, 6.07) is 1.37. The number of methoxy groups -OCH3 is 1. The lowest BCUT2D eigenvalue weighted by Crippen LogP contribution is -2.11. The van der Waals surface area contributed by atoms with Crippen LogP contribution in [-0.4, -0.2) is 18.1 Å². The van der Waals surface area contributed by atoms with Crippen LogP contribution in [0.3, 0.4) is 0 Å². The maximum absolute atomic E-state index is 12.7. The molecule has 1 aromatic rings. The molecule has 17 heavy (non-hydrogen) atoms. The van der Waals surface area contributed by atoms with Crippen molar-refractivity contribution in [1.82, 2.24) is 4.98 Å². The van der Waals surface area contributed by atoms with Gasteiger partial charge in [0, 0.05) is 11.0 Å². The molecule has 0 bridgehead atoms. The van der Waals surface area contributed by atoms with E-state index in [0.717, 1.165) is 0 Å². The number of alkyl halides is 2. The number of nitrogens with zero attached hydrogens (tertiary/aromatic N) is 1. The average molecular weight is 309 g/mol. The van der Waals surface area contributed by atoms with Gasteiger partial charge in [-0.1, -0.05) is 15.9 Å². The number of halogens is 3. The molecule has 7 heteroatoms. The van der Waals surface area contributed by atoms with Gasteiger partial charge < -0.3 is 10.5 Å². The van der Waals surface area contributed by atoms with Crippen molar-refractivity contribution in [1.29, 1.82) is 0 Å². The van der Waals surface area contributed by atoms with E-state index >= 15 is 0 Å². The third-order valence-corrected chi connectivity index (χ3v) is 2.76. The molecule has 94 valence electrons. The Morgan fingerprint density at radius 2 is 2.29 bits per heavy atom. The van der Waals surface area contributed by atoms with Gasteiger partial charge in [-0.3, -0.25) is 9.78 Å². The monoisotopic (exact) mass is 308 g/mol. The zero-order valence-electron chi connectivity index (χ0n) is 9.04. The van der Waals surface area contributed by atoms with Gasteiger partial charge >= 0.3 is 5.97 Å². The second-order valence-corrected chi connectivity index (χ2v) is 4.07. The summed E-state index contributed by atoms with van der Waals surface area (Å²) in [5, 5.41) is 0. The molecule has 0 spiro atoms. The number of aromatic nitrogens is 1. The Bertz CT molecular complexity index is 427. The maximum Gasteiger partial charge on any atom is 0.311 e. The van der Waals surface area contributed by atoms with Gasteiger partial charge in [-0.2, -0.15) is 0 Å². The summed E-state index contributed by atoms with van der Waals surface area (Å²) in [5.74, 6) is -0.489. The van der Waals surface area contributed by atoms with Crippen LogP contribution in [0.25, 0.3) is 0 Å². The van der Waals surface area contributed by atoms with Crippen LogP contribution in [-0.2, 0) is 22.5 Å². The molecule has 0 unspecified atom stereocenters. The number of pyridine rings is 1. The first-order chi connectivity index (χ1) is 7.99. The highest BCUT2D eigenvalue weighted by molar-refractivity contribution is 9.10. The second-order valence-electron chi connectivity index (χ2n) is 3.21. The first kappa shape index (κ1) is 14.0. The Kier molecular flexibility index (Phi) is 4.95. The van der Waals surface area contributed by atoms with Crippen molar-refractivity contribution in [2.45, 2.75) is 19.4 Å². The number of carbonyl (C=O) groups is 1. The molecule has 0 aliphatic carbocycles. The van der Waals surface area contributed by atoms with Crippen LogP contribution in [0.1, 0.15) is 23.4 Å². The minimum atomic E-state index is -2.66.